The van der Waals surface area contributed by atoms with Crippen molar-refractivity contribution in [1.29, 1.82) is 0 Å². The number of aromatic nitrogens is 2. The van der Waals surface area contributed by atoms with Crippen molar-refractivity contribution in [3.05, 3.63) is 65.0 Å². The summed E-state index contributed by atoms with van der Waals surface area (Å²) in [6.07, 6.45) is -0.882. The van der Waals surface area contributed by atoms with Crippen LogP contribution in [0.15, 0.2) is 47.1 Å². The monoisotopic (exact) mass is 524 g/mol. The molecule has 2 aromatic heterocycles. The fourth-order valence-corrected chi connectivity index (χ4v) is 4.72. The molecule has 36 heavy (non-hydrogen) atoms. The highest BCUT2D eigenvalue weighted by atomic mass is 35.5. The molecule has 13 heteroatoms. The van der Waals surface area contributed by atoms with Gasteiger partial charge in [0.1, 0.15) is 17.3 Å². The Labute approximate surface area is 206 Å². The number of carbonyl (C=O) groups is 2. The lowest BCUT2D eigenvalue weighted by Crippen LogP contribution is -2.84. The van der Waals surface area contributed by atoms with Crippen molar-refractivity contribution in [1.82, 2.24) is 20.6 Å². The lowest BCUT2D eigenvalue weighted by molar-refractivity contribution is -0.142. The van der Waals surface area contributed by atoms with Crippen LogP contribution in [0.5, 0.6) is 5.75 Å². The van der Waals surface area contributed by atoms with Gasteiger partial charge in [0.25, 0.3) is 11.8 Å². The van der Waals surface area contributed by atoms with Gasteiger partial charge in [-0.05, 0) is 43.5 Å². The van der Waals surface area contributed by atoms with E-state index in [1.54, 1.807) is 0 Å². The Morgan fingerprint density at radius 1 is 1.06 bits per heavy atom. The Bertz CT molecular complexity index is 1320. The molecule has 6 rings (SSSR count). The van der Waals surface area contributed by atoms with Gasteiger partial charge in [0, 0.05) is 23.3 Å². The second-order valence-corrected chi connectivity index (χ2v) is 9.32. The molecule has 3 saturated carbocycles. The summed E-state index contributed by atoms with van der Waals surface area (Å²) in [7, 11) is 0. The molecule has 3 fully saturated rings. The molecule has 0 saturated heterocycles. The van der Waals surface area contributed by atoms with Gasteiger partial charge >= 0.3 is 6.18 Å². The zero-order chi connectivity index (χ0) is 25.7. The van der Waals surface area contributed by atoms with E-state index in [1.807, 2.05) is 0 Å². The molecule has 2 bridgehead atoms. The lowest BCUT2D eigenvalue weighted by Gasteiger charge is -2.70. The number of hydrogen-bond acceptors (Lipinski definition) is 6. The standard InChI is InChI=1S/C23H17ClF4N4O4/c24-14-3-2-13(5-15(14)25)35-8-18(33)31-21-9-22(10-21,11-21)32-19(34)16-7-30-20(36-16)12-1-4-17(29-6-12)23(26,27)28/h1-7H,8-11H2,(H,31,33)(H,32,34). The first-order valence-corrected chi connectivity index (χ1v) is 11.0. The summed E-state index contributed by atoms with van der Waals surface area (Å²) in [5, 5.41) is 5.69. The van der Waals surface area contributed by atoms with Gasteiger partial charge in [-0.15, -0.1) is 0 Å². The van der Waals surface area contributed by atoms with Crippen LogP contribution in [-0.4, -0.2) is 39.5 Å². The van der Waals surface area contributed by atoms with E-state index in [4.69, 9.17) is 20.8 Å². The number of nitrogens with one attached hydrogen (secondary N) is 2. The van der Waals surface area contributed by atoms with Crippen molar-refractivity contribution in [3.8, 4) is 17.2 Å². The van der Waals surface area contributed by atoms with Crippen LogP contribution in [0.1, 0.15) is 35.5 Å². The van der Waals surface area contributed by atoms with E-state index >= 15 is 0 Å². The fourth-order valence-electron chi connectivity index (χ4n) is 4.60. The number of oxazole rings is 1. The third-order valence-corrected chi connectivity index (χ3v) is 6.41. The van der Waals surface area contributed by atoms with E-state index in [0.717, 1.165) is 24.4 Å². The summed E-state index contributed by atoms with van der Waals surface area (Å²) < 4.78 is 62.1. The Morgan fingerprint density at radius 2 is 1.78 bits per heavy atom. The fraction of sp³-hybridized carbons (Fsp3) is 0.304. The molecule has 3 aromatic rings. The molecule has 2 amide bonds. The first kappa shape index (κ1) is 24.0. The van der Waals surface area contributed by atoms with E-state index in [1.165, 1.54) is 18.3 Å². The Hall–Kier alpha value is -3.67. The molecule has 0 spiro atoms. The molecular weight excluding hydrogens is 508 g/mol. The highest BCUT2D eigenvalue weighted by molar-refractivity contribution is 6.30. The highest BCUT2D eigenvalue weighted by Gasteiger charge is 2.69. The van der Waals surface area contributed by atoms with Crippen LogP contribution in [0.3, 0.4) is 0 Å². The molecule has 2 N–H and O–H groups in total. The third kappa shape index (κ3) is 4.60. The number of ether oxygens (including phenoxy) is 1. The van der Waals surface area contributed by atoms with Crippen LogP contribution in [0.4, 0.5) is 17.6 Å². The molecule has 0 atom stereocenters. The summed E-state index contributed by atoms with van der Waals surface area (Å²) in [4.78, 5) is 32.1. The van der Waals surface area contributed by atoms with Crippen LogP contribution >= 0.6 is 11.6 Å². The average Bonchev–Trinajstić information content (AvgIpc) is 3.27. The summed E-state index contributed by atoms with van der Waals surface area (Å²) in [5.74, 6) is -1.52. The number of rotatable bonds is 7. The van der Waals surface area contributed by atoms with Gasteiger partial charge in [0.05, 0.1) is 16.8 Å². The molecule has 8 nitrogen and oxygen atoms in total. The first-order chi connectivity index (χ1) is 17.0. The number of halogens is 5. The highest BCUT2D eigenvalue weighted by Crippen LogP contribution is 2.60. The summed E-state index contributed by atoms with van der Waals surface area (Å²) in [6.45, 7) is -0.304. The minimum absolute atomic E-state index is 0.0386. The molecular formula is C23H17ClF4N4O4. The Balaban J connectivity index is 1.11. The molecule has 188 valence electrons. The van der Waals surface area contributed by atoms with Gasteiger partial charge in [-0.2, -0.15) is 13.2 Å². The quantitative estimate of drug-likeness (QED) is 0.450. The molecule has 2 heterocycles. The zero-order valence-electron chi connectivity index (χ0n) is 18.3. The van der Waals surface area contributed by atoms with E-state index in [0.29, 0.717) is 19.3 Å². The van der Waals surface area contributed by atoms with Crippen molar-refractivity contribution in [2.24, 2.45) is 0 Å². The van der Waals surface area contributed by atoms with Crippen molar-refractivity contribution in [2.75, 3.05) is 6.61 Å². The summed E-state index contributed by atoms with van der Waals surface area (Å²) in [6, 6.07) is 5.82. The summed E-state index contributed by atoms with van der Waals surface area (Å²) >= 11 is 5.61. The average molecular weight is 525 g/mol. The van der Waals surface area contributed by atoms with E-state index in [2.05, 4.69) is 20.6 Å². The zero-order valence-corrected chi connectivity index (χ0v) is 19.0. The number of pyridine rings is 1. The number of nitrogens with zero attached hydrogens (tertiary/aromatic N) is 2. The van der Waals surface area contributed by atoms with Gasteiger partial charge in [0.15, 0.2) is 6.61 Å². The van der Waals surface area contributed by atoms with Crippen molar-refractivity contribution >= 4 is 23.4 Å². The molecule has 3 aliphatic rings. The lowest BCUT2D eigenvalue weighted by atomic mass is 9.44. The molecule has 3 aliphatic carbocycles. The van der Waals surface area contributed by atoms with Gasteiger partial charge in [-0.25, -0.2) is 9.37 Å². The van der Waals surface area contributed by atoms with E-state index in [9.17, 15) is 27.2 Å². The minimum atomic E-state index is -4.57. The second kappa shape index (κ2) is 8.47. The number of alkyl halides is 3. The number of hydrogen-bond donors (Lipinski definition) is 2. The topological polar surface area (TPSA) is 106 Å². The number of benzene rings is 1. The minimum Gasteiger partial charge on any atom is -0.484 e. The summed E-state index contributed by atoms with van der Waals surface area (Å²) in [5.41, 5.74) is -1.80. The first-order valence-electron chi connectivity index (χ1n) is 10.7. The maximum absolute atomic E-state index is 13.5. The SMILES string of the molecule is O=C(COc1ccc(Cl)c(F)c1)NC12CC(NC(=O)c3cnc(-c4ccc(C(F)(F)F)nc4)o3)(C1)C2. The largest absolute Gasteiger partial charge is 0.484 e. The Morgan fingerprint density at radius 3 is 2.42 bits per heavy atom. The van der Waals surface area contributed by atoms with E-state index < -0.39 is 34.7 Å². The third-order valence-electron chi connectivity index (χ3n) is 6.10. The van der Waals surface area contributed by atoms with Gasteiger partial charge in [-0.1, -0.05) is 11.6 Å². The normalized spacial score (nSPS) is 22.2. The number of carbonyl (C=O) groups excluding carboxylic acids is 2. The predicted octanol–water partition coefficient (Wildman–Crippen LogP) is 4.15. The van der Waals surface area contributed by atoms with Crippen LogP contribution < -0.4 is 15.4 Å². The predicted molar refractivity (Wildman–Crippen MR) is 117 cm³/mol. The van der Waals surface area contributed by atoms with Gasteiger partial charge < -0.3 is 19.8 Å². The van der Waals surface area contributed by atoms with Crippen molar-refractivity contribution in [2.45, 2.75) is 36.5 Å². The molecule has 0 aliphatic heterocycles. The second-order valence-electron chi connectivity index (χ2n) is 8.92. The van der Waals surface area contributed by atoms with Gasteiger partial charge in [0.2, 0.25) is 11.7 Å². The van der Waals surface area contributed by atoms with Gasteiger partial charge in [-0.3, -0.25) is 14.6 Å². The number of amides is 2. The van der Waals surface area contributed by atoms with Crippen LogP contribution in [0.25, 0.3) is 11.5 Å². The van der Waals surface area contributed by atoms with Crippen molar-refractivity contribution in [3.63, 3.8) is 0 Å². The van der Waals surface area contributed by atoms with Crippen LogP contribution in [0, 0.1) is 5.82 Å². The molecule has 0 unspecified atom stereocenters. The molecule has 0 radical (unpaired) electrons. The maximum atomic E-state index is 13.5. The van der Waals surface area contributed by atoms with Crippen LogP contribution in [0.2, 0.25) is 5.02 Å². The molecule has 1 aromatic carbocycles. The maximum Gasteiger partial charge on any atom is 0.433 e. The van der Waals surface area contributed by atoms with E-state index in [-0.39, 0.29) is 40.5 Å². The van der Waals surface area contributed by atoms with Crippen LogP contribution in [-0.2, 0) is 11.0 Å². The Kier molecular flexibility index (Phi) is 5.66. The smallest absolute Gasteiger partial charge is 0.433 e. The van der Waals surface area contributed by atoms with Crippen molar-refractivity contribution < 1.29 is 36.3 Å².